The molecule has 196 valence electrons. The molecule has 0 amide bonds. The van der Waals surface area contributed by atoms with Crippen LogP contribution >= 0.6 is 0 Å². The van der Waals surface area contributed by atoms with Crippen LogP contribution in [-0.2, 0) is 26.9 Å². The number of aliphatic hydroxyl groups is 6. The van der Waals surface area contributed by atoms with Gasteiger partial charge in [0.25, 0.3) is 0 Å². The van der Waals surface area contributed by atoms with Gasteiger partial charge in [-0.05, 0) is 0 Å². The number of rotatable bonds is 6. The van der Waals surface area contributed by atoms with Crippen LogP contribution in [0, 0.1) is 0 Å². The molecule has 0 bridgehead atoms. The number of aliphatic hydroxyl groups excluding tert-OH is 6. The summed E-state index contributed by atoms with van der Waals surface area (Å²) in [6.07, 6.45) is 0. The average molecular weight is 521 g/mol. The van der Waals surface area contributed by atoms with Crippen molar-refractivity contribution in [1.82, 2.24) is 0 Å². The van der Waals surface area contributed by atoms with E-state index in [0.29, 0.717) is 39.3 Å². The Balaban J connectivity index is -0.0000000313. The fourth-order valence-corrected chi connectivity index (χ4v) is 0. The van der Waals surface area contributed by atoms with Gasteiger partial charge in [0.15, 0.2) is 0 Å². The molecular weight excluding hydrogens is 479 g/mol. The molecule has 0 aromatic carbocycles. The Hall–Kier alpha value is -0.116. The largest absolute Gasteiger partial charge is 2.00 e. The molecule has 18 heteroatoms. The Labute approximate surface area is 188 Å². The summed E-state index contributed by atoms with van der Waals surface area (Å²) in [5.41, 5.74) is 28.7. The van der Waals surface area contributed by atoms with Crippen LogP contribution in [0.5, 0.6) is 0 Å². The molecule has 18 N–H and O–H groups in total. The second-order valence-electron chi connectivity index (χ2n) is 3.48. The fourth-order valence-electron chi connectivity index (χ4n) is 0. The summed E-state index contributed by atoms with van der Waals surface area (Å²) in [6, 6.07) is 0. The Morgan fingerprint density at radius 1 is 0.467 bits per heavy atom. The van der Waals surface area contributed by atoms with E-state index < -0.39 is 10.4 Å². The average Bonchev–Trinajstić information content (AvgIpc) is 2.72. The van der Waals surface area contributed by atoms with Crippen molar-refractivity contribution in [3.63, 3.8) is 0 Å². The predicted octanol–water partition coefficient (Wildman–Crippen LogP) is -7.72. The van der Waals surface area contributed by atoms with Gasteiger partial charge in [-0.2, -0.15) is 0 Å². The van der Waals surface area contributed by atoms with E-state index in [1.165, 1.54) is 0 Å². The second kappa shape index (κ2) is 70.2. The standard InChI is InChI=1S/6C2H7NO.Ni.H2O4S/c6*3-1-2-4;;1-5(2,3)4/h6*4H,1-3H2;;(H2,1,2,3,4)/q;;;;;;+2;/p-2. The smallest absolute Gasteiger partial charge is 0.759 e. The zero-order chi connectivity index (χ0) is 25.0. The monoisotopic (exact) mass is 520 g/mol. The first-order valence-electron chi connectivity index (χ1n) is 8.01. The molecule has 0 fully saturated rings. The van der Waals surface area contributed by atoms with Crippen LogP contribution in [0.3, 0.4) is 0 Å². The van der Waals surface area contributed by atoms with Crippen molar-refractivity contribution in [3.05, 3.63) is 0 Å². The van der Waals surface area contributed by atoms with Gasteiger partial charge in [0.2, 0.25) is 0 Å². The van der Waals surface area contributed by atoms with Gasteiger partial charge in [-0.15, -0.1) is 0 Å². The minimum absolute atomic E-state index is 0. The zero-order valence-corrected chi connectivity index (χ0v) is 18.8. The van der Waals surface area contributed by atoms with Crippen molar-refractivity contribution in [1.29, 1.82) is 0 Å². The molecule has 0 aromatic heterocycles. The van der Waals surface area contributed by atoms with Gasteiger partial charge in [0.1, 0.15) is 0 Å². The number of hydrogen-bond donors (Lipinski definition) is 12. The van der Waals surface area contributed by atoms with Gasteiger partial charge in [0.05, 0.1) is 39.6 Å². The molecule has 0 saturated heterocycles. The maximum Gasteiger partial charge on any atom is 2.00 e. The first-order chi connectivity index (χ1) is 13.5. The van der Waals surface area contributed by atoms with E-state index in [0.717, 1.165) is 0 Å². The van der Waals surface area contributed by atoms with Crippen LogP contribution in [0.15, 0.2) is 0 Å². The summed E-state index contributed by atoms with van der Waals surface area (Å²) in [5.74, 6) is 0. The Morgan fingerprint density at radius 3 is 0.500 bits per heavy atom. The van der Waals surface area contributed by atoms with E-state index >= 15 is 0 Å². The van der Waals surface area contributed by atoms with Crippen LogP contribution in [0.4, 0.5) is 0 Å². The molecule has 0 aliphatic heterocycles. The fraction of sp³-hybridized carbons (Fsp3) is 1.00. The minimum atomic E-state index is -5.17. The normalized spacial score (nSPS) is 7.93. The summed E-state index contributed by atoms with van der Waals surface area (Å²) >= 11 is 0. The molecule has 0 spiro atoms. The number of nitrogens with two attached hydrogens (primary N) is 6. The summed E-state index contributed by atoms with van der Waals surface area (Å²) in [6.45, 7) is 2.83. The molecule has 30 heavy (non-hydrogen) atoms. The van der Waals surface area contributed by atoms with Crippen LogP contribution in [0.25, 0.3) is 0 Å². The third-order valence-electron chi connectivity index (χ3n) is 0.775. The maximum absolute atomic E-state index is 8.52. The van der Waals surface area contributed by atoms with Crippen LogP contribution in [-0.4, -0.2) is 127 Å². The topological polar surface area (TPSA) is 358 Å². The molecular formula is C12H42N6NiO10S. The number of hydrogen-bond acceptors (Lipinski definition) is 16. The Morgan fingerprint density at radius 2 is 0.500 bits per heavy atom. The first-order valence-corrected chi connectivity index (χ1v) is 9.35. The van der Waals surface area contributed by atoms with Crippen molar-refractivity contribution >= 4 is 10.4 Å². The molecule has 0 aliphatic rings. The molecule has 0 unspecified atom stereocenters. The summed E-state index contributed by atoms with van der Waals surface area (Å²) in [4.78, 5) is 0. The predicted molar refractivity (Wildman–Crippen MR) is 107 cm³/mol. The third kappa shape index (κ3) is 582. The molecule has 0 saturated carbocycles. The molecule has 0 heterocycles. The van der Waals surface area contributed by atoms with Crippen molar-refractivity contribution in [3.8, 4) is 0 Å². The molecule has 0 rings (SSSR count). The van der Waals surface area contributed by atoms with Crippen molar-refractivity contribution < 1.29 is 64.7 Å². The van der Waals surface area contributed by atoms with Gasteiger partial charge < -0.3 is 74.1 Å². The van der Waals surface area contributed by atoms with Crippen LogP contribution in [0.2, 0.25) is 0 Å². The van der Waals surface area contributed by atoms with Crippen LogP contribution < -0.4 is 34.4 Å². The Bertz CT molecular complexity index is 235. The van der Waals surface area contributed by atoms with Gasteiger partial charge >= 0.3 is 16.5 Å². The van der Waals surface area contributed by atoms with Crippen molar-refractivity contribution in [2.24, 2.45) is 34.4 Å². The first kappa shape index (κ1) is 52.1. The molecule has 16 nitrogen and oxygen atoms in total. The van der Waals surface area contributed by atoms with E-state index in [4.69, 9.17) is 82.6 Å². The van der Waals surface area contributed by atoms with E-state index in [1.54, 1.807) is 0 Å². The molecule has 0 atom stereocenters. The third-order valence-corrected chi connectivity index (χ3v) is 0.775. The zero-order valence-electron chi connectivity index (χ0n) is 17.0. The van der Waals surface area contributed by atoms with Gasteiger partial charge in [-0.3, -0.25) is 8.42 Å². The SMILES string of the molecule is NCCO.NCCO.NCCO.NCCO.NCCO.NCCO.O=S(=O)([O-])[O-].[Ni+2]. The summed E-state index contributed by atoms with van der Waals surface area (Å²) < 4.78 is 34.1. The van der Waals surface area contributed by atoms with Crippen molar-refractivity contribution in [2.45, 2.75) is 0 Å². The summed E-state index contributed by atoms with van der Waals surface area (Å²) in [7, 11) is -5.17. The van der Waals surface area contributed by atoms with Crippen LogP contribution in [0.1, 0.15) is 0 Å². The molecule has 0 aliphatic carbocycles. The molecule has 0 radical (unpaired) electrons. The summed E-state index contributed by atoms with van der Waals surface area (Å²) in [5, 5.41) is 46.5. The van der Waals surface area contributed by atoms with E-state index in [9.17, 15) is 0 Å². The molecule has 0 aromatic rings. The van der Waals surface area contributed by atoms with E-state index in [2.05, 4.69) is 0 Å². The Kier molecular flexibility index (Phi) is 122. The quantitative estimate of drug-likeness (QED) is 0.0876. The van der Waals surface area contributed by atoms with E-state index in [1.807, 2.05) is 0 Å². The second-order valence-corrected chi connectivity index (χ2v) is 4.30. The van der Waals surface area contributed by atoms with Gasteiger partial charge in [0, 0.05) is 49.7 Å². The maximum atomic E-state index is 8.52. The minimum Gasteiger partial charge on any atom is -0.759 e. The van der Waals surface area contributed by atoms with E-state index in [-0.39, 0.29) is 56.1 Å². The van der Waals surface area contributed by atoms with Gasteiger partial charge in [-0.1, -0.05) is 0 Å². The van der Waals surface area contributed by atoms with Gasteiger partial charge in [-0.25, -0.2) is 0 Å². The van der Waals surface area contributed by atoms with Crippen molar-refractivity contribution in [2.75, 3.05) is 78.9 Å².